The topological polar surface area (TPSA) is 76.9 Å². The number of benzene rings is 1. The first kappa shape index (κ1) is 17.2. The highest BCUT2D eigenvalue weighted by atomic mass is 32.2. The highest BCUT2D eigenvalue weighted by Gasteiger charge is 2.12. The van der Waals surface area contributed by atoms with E-state index in [1.807, 2.05) is 24.3 Å². The highest BCUT2D eigenvalue weighted by molar-refractivity contribution is 7.88. The molecule has 0 saturated heterocycles. The van der Waals surface area contributed by atoms with E-state index in [-0.39, 0.29) is 12.3 Å². The predicted molar refractivity (Wildman–Crippen MR) is 92.5 cm³/mol. The summed E-state index contributed by atoms with van der Waals surface area (Å²) in [4.78, 5) is 4.22. The predicted octanol–water partition coefficient (Wildman–Crippen LogP) is 2.20. The molecule has 0 aliphatic carbocycles. The van der Waals surface area contributed by atoms with Crippen LogP contribution in [0.2, 0.25) is 0 Å². The Morgan fingerprint density at radius 2 is 1.96 bits per heavy atom. The van der Waals surface area contributed by atoms with Crippen LogP contribution in [0.3, 0.4) is 0 Å². The molecule has 2 aromatic heterocycles. The molecule has 0 atom stereocenters. The molecule has 0 aliphatic rings. The zero-order valence-electron chi connectivity index (χ0n) is 13.3. The Kier molecular flexibility index (Phi) is 5.20. The molecule has 0 aliphatic heterocycles. The molecule has 1 aromatic carbocycles. The van der Waals surface area contributed by atoms with Crippen molar-refractivity contribution in [3.8, 4) is 11.4 Å². The van der Waals surface area contributed by atoms with Crippen LogP contribution in [0.1, 0.15) is 5.56 Å². The van der Waals surface area contributed by atoms with Crippen molar-refractivity contribution in [2.24, 2.45) is 0 Å². The summed E-state index contributed by atoms with van der Waals surface area (Å²) >= 11 is 0. The summed E-state index contributed by atoms with van der Waals surface area (Å²) in [6.07, 6.45) is 3.46. The van der Waals surface area contributed by atoms with E-state index < -0.39 is 15.8 Å². The molecule has 3 aromatic rings. The number of halogens is 1. The lowest BCUT2D eigenvalue weighted by molar-refractivity contribution is 0.560. The average molecular weight is 360 g/mol. The van der Waals surface area contributed by atoms with Crippen LogP contribution in [-0.4, -0.2) is 29.7 Å². The smallest absolute Gasteiger partial charge is 0.215 e. The van der Waals surface area contributed by atoms with Crippen LogP contribution in [0, 0.1) is 5.82 Å². The number of rotatable bonds is 7. The lowest BCUT2D eigenvalue weighted by Crippen LogP contribution is -2.28. The molecule has 1 N–H and O–H groups in total. The molecule has 0 radical (unpaired) electrons. The van der Waals surface area contributed by atoms with Gasteiger partial charge in [-0.05, 0) is 35.9 Å². The zero-order chi connectivity index (χ0) is 17.7. The van der Waals surface area contributed by atoms with Gasteiger partial charge >= 0.3 is 0 Å². The number of pyridine rings is 1. The number of aromatic nitrogens is 3. The van der Waals surface area contributed by atoms with Crippen molar-refractivity contribution >= 4 is 10.0 Å². The monoisotopic (exact) mass is 360 g/mol. The van der Waals surface area contributed by atoms with Crippen LogP contribution in [0.4, 0.5) is 4.39 Å². The van der Waals surface area contributed by atoms with Crippen molar-refractivity contribution in [2.45, 2.75) is 12.3 Å². The molecule has 0 bridgehead atoms. The van der Waals surface area contributed by atoms with Crippen molar-refractivity contribution < 1.29 is 12.8 Å². The van der Waals surface area contributed by atoms with Crippen LogP contribution in [-0.2, 0) is 22.3 Å². The second-order valence-electron chi connectivity index (χ2n) is 5.46. The second kappa shape index (κ2) is 7.54. The Balaban J connectivity index is 1.55. The first-order chi connectivity index (χ1) is 12.0. The molecule has 0 amide bonds. The number of hydrogen-bond acceptors (Lipinski definition) is 4. The third-order valence-electron chi connectivity index (χ3n) is 3.48. The minimum atomic E-state index is -3.54. The Hall–Kier alpha value is -2.58. The molecule has 25 heavy (non-hydrogen) atoms. The molecular formula is C17H17FN4O2S. The van der Waals surface area contributed by atoms with Gasteiger partial charge in [0.15, 0.2) is 0 Å². The van der Waals surface area contributed by atoms with E-state index >= 15 is 0 Å². The SMILES string of the molecule is O=S(=O)(Cc1cccc(F)c1)NCCn1ccc(-c2ccccn2)n1. The first-order valence-electron chi connectivity index (χ1n) is 7.68. The summed E-state index contributed by atoms with van der Waals surface area (Å²) in [6.45, 7) is 0.580. The van der Waals surface area contributed by atoms with Gasteiger partial charge in [-0.15, -0.1) is 0 Å². The summed E-state index contributed by atoms with van der Waals surface area (Å²) in [5, 5.41) is 4.37. The molecule has 6 nitrogen and oxygen atoms in total. The zero-order valence-corrected chi connectivity index (χ0v) is 14.2. The van der Waals surface area contributed by atoms with Crippen LogP contribution < -0.4 is 4.72 Å². The van der Waals surface area contributed by atoms with Gasteiger partial charge < -0.3 is 0 Å². The van der Waals surface area contributed by atoms with Crippen molar-refractivity contribution in [3.63, 3.8) is 0 Å². The van der Waals surface area contributed by atoms with Crippen molar-refractivity contribution in [2.75, 3.05) is 6.54 Å². The summed E-state index contributed by atoms with van der Waals surface area (Å²) in [5.41, 5.74) is 1.89. The number of nitrogens with zero attached hydrogens (tertiary/aromatic N) is 3. The van der Waals surface area contributed by atoms with Crippen molar-refractivity contribution in [3.05, 3.63) is 72.3 Å². The van der Waals surface area contributed by atoms with E-state index in [1.54, 1.807) is 23.1 Å². The average Bonchev–Trinajstić information content (AvgIpc) is 3.04. The minimum Gasteiger partial charge on any atom is -0.271 e. The third kappa shape index (κ3) is 4.94. The van der Waals surface area contributed by atoms with Gasteiger partial charge in [-0.3, -0.25) is 9.67 Å². The molecule has 2 heterocycles. The van der Waals surface area contributed by atoms with Gasteiger partial charge in [-0.1, -0.05) is 18.2 Å². The van der Waals surface area contributed by atoms with Crippen molar-refractivity contribution in [1.82, 2.24) is 19.5 Å². The quantitative estimate of drug-likeness (QED) is 0.701. The molecule has 0 saturated carbocycles. The van der Waals surface area contributed by atoms with Crippen LogP contribution in [0.5, 0.6) is 0 Å². The molecule has 0 unspecified atom stereocenters. The maximum atomic E-state index is 13.1. The van der Waals surface area contributed by atoms with Gasteiger partial charge in [0.05, 0.1) is 18.0 Å². The second-order valence-corrected chi connectivity index (χ2v) is 7.27. The Morgan fingerprint density at radius 3 is 2.72 bits per heavy atom. The van der Waals surface area contributed by atoms with E-state index in [9.17, 15) is 12.8 Å². The number of hydrogen-bond donors (Lipinski definition) is 1. The molecular weight excluding hydrogens is 343 g/mol. The Labute approximate surface area is 145 Å². The van der Waals surface area contributed by atoms with Gasteiger partial charge in [0.1, 0.15) is 11.5 Å². The highest BCUT2D eigenvalue weighted by Crippen LogP contribution is 2.12. The summed E-state index contributed by atoms with van der Waals surface area (Å²) in [5.74, 6) is -0.713. The van der Waals surface area contributed by atoms with E-state index in [2.05, 4.69) is 14.8 Å². The fourth-order valence-corrected chi connectivity index (χ4v) is 3.47. The van der Waals surface area contributed by atoms with Crippen LogP contribution >= 0.6 is 0 Å². The number of sulfonamides is 1. The minimum absolute atomic E-state index is 0.195. The molecule has 0 spiro atoms. The summed E-state index contributed by atoms with van der Waals surface area (Å²) in [7, 11) is -3.54. The van der Waals surface area contributed by atoms with Gasteiger partial charge in [-0.25, -0.2) is 17.5 Å². The number of nitrogens with one attached hydrogen (secondary N) is 1. The van der Waals surface area contributed by atoms with Gasteiger partial charge in [0.2, 0.25) is 10.0 Å². The fraction of sp³-hybridized carbons (Fsp3) is 0.176. The van der Waals surface area contributed by atoms with E-state index in [0.717, 1.165) is 11.4 Å². The maximum Gasteiger partial charge on any atom is 0.215 e. The largest absolute Gasteiger partial charge is 0.271 e. The van der Waals surface area contributed by atoms with Crippen LogP contribution in [0.25, 0.3) is 11.4 Å². The Bertz CT molecular complexity index is 942. The molecule has 130 valence electrons. The van der Waals surface area contributed by atoms with E-state index in [1.165, 1.54) is 18.2 Å². The summed E-state index contributed by atoms with van der Waals surface area (Å²) < 4.78 is 41.4. The van der Waals surface area contributed by atoms with Crippen molar-refractivity contribution in [1.29, 1.82) is 0 Å². The first-order valence-corrected chi connectivity index (χ1v) is 9.34. The fourth-order valence-electron chi connectivity index (χ4n) is 2.35. The van der Waals surface area contributed by atoms with Crippen LogP contribution in [0.15, 0.2) is 60.9 Å². The third-order valence-corrected chi connectivity index (χ3v) is 4.83. The van der Waals surface area contributed by atoms with Gasteiger partial charge in [0.25, 0.3) is 0 Å². The summed E-state index contributed by atoms with van der Waals surface area (Å²) in [6, 6.07) is 12.9. The molecule has 0 fully saturated rings. The lowest BCUT2D eigenvalue weighted by Gasteiger charge is -2.07. The molecule has 8 heteroatoms. The van der Waals surface area contributed by atoms with E-state index in [0.29, 0.717) is 12.1 Å². The standard InChI is InChI=1S/C17H17FN4O2S/c18-15-5-3-4-14(12-15)13-25(23,24)20-9-11-22-10-7-17(21-22)16-6-1-2-8-19-16/h1-8,10,12,20H,9,11,13H2. The van der Waals surface area contributed by atoms with Gasteiger partial charge in [0, 0.05) is 18.9 Å². The molecule has 3 rings (SSSR count). The maximum absolute atomic E-state index is 13.1. The Morgan fingerprint density at radius 1 is 1.08 bits per heavy atom. The lowest BCUT2D eigenvalue weighted by atomic mass is 10.2. The van der Waals surface area contributed by atoms with E-state index in [4.69, 9.17) is 0 Å². The normalized spacial score (nSPS) is 11.6. The van der Waals surface area contributed by atoms with Gasteiger partial charge in [-0.2, -0.15) is 5.10 Å².